The minimum atomic E-state index is -0.199. The van der Waals surface area contributed by atoms with Crippen LogP contribution in [0, 0.1) is 6.92 Å². The highest BCUT2D eigenvalue weighted by atomic mass is 35.5. The van der Waals surface area contributed by atoms with E-state index in [1.165, 1.54) is 18.3 Å². The van der Waals surface area contributed by atoms with Gasteiger partial charge < -0.3 is 10.6 Å². The maximum Gasteiger partial charge on any atom is 0.265 e. The van der Waals surface area contributed by atoms with Crippen molar-refractivity contribution in [3.8, 4) is 5.69 Å². The predicted molar refractivity (Wildman–Crippen MR) is 117 cm³/mol. The van der Waals surface area contributed by atoms with Gasteiger partial charge in [0, 0.05) is 28.7 Å². The summed E-state index contributed by atoms with van der Waals surface area (Å²) in [6.07, 6.45) is 0. The minimum absolute atomic E-state index is 0.142. The van der Waals surface area contributed by atoms with Crippen LogP contribution in [0.1, 0.15) is 22.3 Å². The molecule has 0 aliphatic heterocycles. The zero-order valence-electron chi connectivity index (χ0n) is 15.7. The van der Waals surface area contributed by atoms with Crippen molar-refractivity contribution >= 4 is 56.3 Å². The molecule has 4 rings (SSSR count). The van der Waals surface area contributed by atoms with E-state index in [1.807, 2.05) is 37.3 Å². The number of hydrogen-bond donors (Lipinski definition) is 2. The van der Waals surface area contributed by atoms with Gasteiger partial charge >= 0.3 is 0 Å². The lowest BCUT2D eigenvalue weighted by atomic mass is 10.2. The van der Waals surface area contributed by atoms with Gasteiger partial charge in [0.2, 0.25) is 5.91 Å². The molecule has 8 heteroatoms. The lowest BCUT2D eigenvalue weighted by molar-refractivity contribution is -0.114. The summed E-state index contributed by atoms with van der Waals surface area (Å²) in [5, 5.41) is 11.7. The van der Waals surface area contributed by atoms with E-state index in [1.54, 1.807) is 28.9 Å². The third-order valence-corrected chi connectivity index (χ3v) is 5.63. The average molecular weight is 425 g/mol. The van der Waals surface area contributed by atoms with Crippen molar-refractivity contribution in [2.45, 2.75) is 13.8 Å². The minimum Gasteiger partial charge on any atom is -0.326 e. The SMILES string of the molecule is CC(=O)Nc1ccc(NC(=O)c2cc3c(C)nn(-c4cccc(Cl)c4)c3s2)cc1. The Morgan fingerprint density at radius 1 is 1.03 bits per heavy atom. The first-order chi connectivity index (χ1) is 13.9. The van der Waals surface area contributed by atoms with Gasteiger partial charge in [0.15, 0.2) is 0 Å². The molecule has 2 amide bonds. The summed E-state index contributed by atoms with van der Waals surface area (Å²) in [5.41, 5.74) is 3.01. The Kier molecular flexibility index (Phi) is 5.08. The van der Waals surface area contributed by atoms with E-state index in [0.717, 1.165) is 21.6 Å². The molecule has 6 nitrogen and oxygen atoms in total. The van der Waals surface area contributed by atoms with Crippen molar-refractivity contribution in [2.75, 3.05) is 10.6 Å². The number of aryl methyl sites for hydroxylation is 1. The lowest BCUT2D eigenvalue weighted by Crippen LogP contribution is -2.10. The van der Waals surface area contributed by atoms with Crippen molar-refractivity contribution in [1.29, 1.82) is 0 Å². The molecule has 2 N–H and O–H groups in total. The molecule has 2 heterocycles. The van der Waals surface area contributed by atoms with Crippen LogP contribution in [0.2, 0.25) is 5.02 Å². The lowest BCUT2D eigenvalue weighted by Gasteiger charge is -2.06. The van der Waals surface area contributed by atoms with Crippen LogP contribution in [0.25, 0.3) is 15.9 Å². The van der Waals surface area contributed by atoms with Gasteiger partial charge in [-0.2, -0.15) is 5.10 Å². The largest absolute Gasteiger partial charge is 0.326 e. The summed E-state index contributed by atoms with van der Waals surface area (Å²) in [6, 6.07) is 16.3. The van der Waals surface area contributed by atoms with Gasteiger partial charge in [-0.1, -0.05) is 17.7 Å². The first-order valence-electron chi connectivity index (χ1n) is 8.85. The van der Waals surface area contributed by atoms with Gasteiger partial charge in [-0.15, -0.1) is 11.3 Å². The molecular weight excluding hydrogens is 408 g/mol. The molecule has 146 valence electrons. The standard InChI is InChI=1S/C21H17ClN4O2S/c1-12-18-11-19(20(28)24-16-8-6-15(7-9-16)23-13(2)27)29-21(18)26(25-12)17-5-3-4-14(22)10-17/h3-11H,1-2H3,(H,23,27)(H,24,28). The number of rotatable bonds is 4. The zero-order chi connectivity index (χ0) is 20.5. The molecule has 2 aromatic heterocycles. The summed E-state index contributed by atoms with van der Waals surface area (Å²) in [5.74, 6) is -0.341. The number of carbonyl (C=O) groups is 2. The Balaban J connectivity index is 1.60. The molecule has 29 heavy (non-hydrogen) atoms. The maximum atomic E-state index is 12.7. The molecule has 0 fully saturated rings. The number of halogens is 1. The fourth-order valence-corrected chi connectivity index (χ4v) is 4.24. The van der Waals surface area contributed by atoms with Crippen molar-refractivity contribution in [3.63, 3.8) is 0 Å². The number of fused-ring (bicyclic) bond motifs is 1. The maximum absolute atomic E-state index is 12.7. The number of aromatic nitrogens is 2. The molecule has 0 radical (unpaired) electrons. The van der Waals surface area contributed by atoms with Crippen LogP contribution in [0.4, 0.5) is 11.4 Å². The summed E-state index contributed by atoms with van der Waals surface area (Å²) in [4.78, 5) is 25.3. The number of anilines is 2. The Labute approximate surface area is 176 Å². The zero-order valence-corrected chi connectivity index (χ0v) is 17.3. The molecule has 0 atom stereocenters. The van der Waals surface area contributed by atoms with Gasteiger partial charge in [0.1, 0.15) is 4.83 Å². The van der Waals surface area contributed by atoms with E-state index in [2.05, 4.69) is 15.7 Å². The molecule has 0 saturated heterocycles. The van der Waals surface area contributed by atoms with Crippen molar-refractivity contribution < 1.29 is 9.59 Å². The van der Waals surface area contributed by atoms with E-state index in [9.17, 15) is 9.59 Å². The number of carbonyl (C=O) groups excluding carboxylic acids is 2. The van der Waals surface area contributed by atoms with E-state index in [0.29, 0.717) is 21.3 Å². The van der Waals surface area contributed by atoms with Gasteiger partial charge in [0.05, 0.1) is 16.3 Å². The van der Waals surface area contributed by atoms with Crippen molar-refractivity contribution in [2.24, 2.45) is 0 Å². The fraction of sp³-hybridized carbons (Fsp3) is 0.0952. The van der Waals surface area contributed by atoms with Crippen molar-refractivity contribution in [3.05, 3.63) is 70.2 Å². The van der Waals surface area contributed by atoms with Crippen LogP contribution >= 0.6 is 22.9 Å². The van der Waals surface area contributed by atoms with Gasteiger partial charge in [-0.25, -0.2) is 4.68 Å². The Morgan fingerprint density at radius 3 is 2.38 bits per heavy atom. The highest BCUT2D eigenvalue weighted by molar-refractivity contribution is 7.20. The van der Waals surface area contributed by atoms with E-state index < -0.39 is 0 Å². The summed E-state index contributed by atoms with van der Waals surface area (Å²) in [6.45, 7) is 3.36. The third kappa shape index (κ3) is 4.01. The Hall–Kier alpha value is -3.16. The number of thiophene rings is 1. The Morgan fingerprint density at radius 2 is 1.72 bits per heavy atom. The first-order valence-corrected chi connectivity index (χ1v) is 10.0. The molecule has 2 aromatic carbocycles. The topological polar surface area (TPSA) is 76.0 Å². The normalized spacial score (nSPS) is 10.9. The molecule has 0 aliphatic rings. The second-order valence-corrected chi connectivity index (χ2v) is 7.99. The number of nitrogens with one attached hydrogen (secondary N) is 2. The quantitative estimate of drug-likeness (QED) is 0.469. The molecule has 0 spiro atoms. The molecule has 0 saturated carbocycles. The van der Waals surface area contributed by atoms with E-state index in [4.69, 9.17) is 11.6 Å². The van der Waals surface area contributed by atoms with E-state index in [-0.39, 0.29) is 11.8 Å². The smallest absolute Gasteiger partial charge is 0.265 e. The summed E-state index contributed by atoms with van der Waals surface area (Å²) in [7, 11) is 0. The average Bonchev–Trinajstić information content (AvgIpc) is 3.24. The van der Waals surface area contributed by atoms with E-state index >= 15 is 0 Å². The van der Waals surface area contributed by atoms with Crippen LogP contribution in [0.5, 0.6) is 0 Å². The van der Waals surface area contributed by atoms with Crippen LogP contribution in [-0.4, -0.2) is 21.6 Å². The monoisotopic (exact) mass is 424 g/mol. The predicted octanol–water partition coefficient (Wildman–Crippen LogP) is 5.26. The number of hydrogen-bond acceptors (Lipinski definition) is 4. The van der Waals surface area contributed by atoms with Gasteiger partial charge in [0.25, 0.3) is 5.91 Å². The second kappa shape index (κ2) is 7.69. The molecule has 0 unspecified atom stereocenters. The van der Waals surface area contributed by atoms with Crippen LogP contribution < -0.4 is 10.6 Å². The molecule has 0 aliphatic carbocycles. The highest BCUT2D eigenvalue weighted by Gasteiger charge is 2.17. The highest BCUT2D eigenvalue weighted by Crippen LogP contribution is 2.31. The number of amides is 2. The summed E-state index contributed by atoms with van der Waals surface area (Å²) >= 11 is 7.49. The van der Waals surface area contributed by atoms with Crippen LogP contribution in [0.15, 0.2) is 54.6 Å². The summed E-state index contributed by atoms with van der Waals surface area (Å²) < 4.78 is 1.81. The molecular formula is C21H17ClN4O2S. The fourth-order valence-electron chi connectivity index (χ4n) is 2.97. The van der Waals surface area contributed by atoms with Crippen LogP contribution in [0.3, 0.4) is 0 Å². The Bertz CT molecular complexity index is 1230. The van der Waals surface area contributed by atoms with Gasteiger partial charge in [-0.05, 0) is 55.5 Å². The van der Waals surface area contributed by atoms with Crippen molar-refractivity contribution in [1.82, 2.24) is 9.78 Å². The van der Waals surface area contributed by atoms with Crippen LogP contribution in [-0.2, 0) is 4.79 Å². The molecule has 0 bridgehead atoms. The second-order valence-electron chi connectivity index (χ2n) is 6.52. The third-order valence-electron chi connectivity index (χ3n) is 4.28. The molecule has 4 aromatic rings. The number of nitrogens with zero attached hydrogens (tertiary/aromatic N) is 2. The first kappa shape index (κ1) is 19.2. The number of benzene rings is 2. The van der Waals surface area contributed by atoms with Gasteiger partial charge in [-0.3, -0.25) is 9.59 Å².